The minimum Gasteiger partial charge on any atom is -0.276 e. The van der Waals surface area contributed by atoms with Gasteiger partial charge in [-0.25, -0.2) is 4.98 Å². The standard InChI is InChI=1S/C21H20N2/c1-3-21(2)14-16-9-4-6-10-17(16)20(23-21)19-13-12-15-8-5-7-11-18(15)22-19/h4-13H,3,14H2,1-2H3. The molecule has 2 heteroatoms. The van der Waals surface area contributed by atoms with E-state index in [1.165, 1.54) is 16.5 Å². The van der Waals surface area contributed by atoms with Gasteiger partial charge in [0, 0.05) is 10.9 Å². The van der Waals surface area contributed by atoms with E-state index in [1.807, 2.05) is 12.1 Å². The number of benzene rings is 2. The van der Waals surface area contributed by atoms with Gasteiger partial charge in [-0.1, -0.05) is 55.5 Å². The van der Waals surface area contributed by atoms with Crippen LogP contribution < -0.4 is 0 Å². The van der Waals surface area contributed by atoms with Gasteiger partial charge in [0.05, 0.1) is 22.5 Å². The van der Waals surface area contributed by atoms with Crippen molar-refractivity contribution in [1.82, 2.24) is 4.98 Å². The van der Waals surface area contributed by atoms with Crippen molar-refractivity contribution < 1.29 is 0 Å². The number of aliphatic imine (C=N–C) groups is 1. The number of aromatic nitrogens is 1. The van der Waals surface area contributed by atoms with E-state index in [-0.39, 0.29) is 5.54 Å². The quantitative estimate of drug-likeness (QED) is 0.667. The van der Waals surface area contributed by atoms with Gasteiger partial charge in [-0.2, -0.15) is 0 Å². The van der Waals surface area contributed by atoms with Crippen molar-refractivity contribution in [1.29, 1.82) is 0 Å². The summed E-state index contributed by atoms with van der Waals surface area (Å²) in [6.45, 7) is 4.45. The van der Waals surface area contributed by atoms with Gasteiger partial charge in [0.1, 0.15) is 0 Å². The molecular weight excluding hydrogens is 280 g/mol. The van der Waals surface area contributed by atoms with Crippen LogP contribution in [0.1, 0.15) is 37.1 Å². The highest BCUT2D eigenvalue weighted by Crippen LogP contribution is 2.31. The lowest BCUT2D eigenvalue weighted by atomic mass is 9.83. The van der Waals surface area contributed by atoms with Crippen molar-refractivity contribution in [2.24, 2.45) is 4.99 Å². The van der Waals surface area contributed by atoms with E-state index < -0.39 is 0 Å². The van der Waals surface area contributed by atoms with E-state index in [0.717, 1.165) is 29.8 Å². The summed E-state index contributed by atoms with van der Waals surface area (Å²) in [5.41, 5.74) is 5.57. The Balaban J connectivity index is 1.93. The second kappa shape index (κ2) is 5.31. The lowest BCUT2D eigenvalue weighted by Crippen LogP contribution is -2.32. The molecule has 2 aromatic carbocycles. The van der Waals surface area contributed by atoms with Gasteiger partial charge in [0.25, 0.3) is 0 Å². The molecule has 2 heterocycles. The normalized spacial score (nSPS) is 20.2. The predicted octanol–water partition coefficient (Wildman–Crippen LogP) is 4.80. The summed E-state index contributed by atoms with van der Waals surface area (Å²) in [6, 6.07) is 21.1. The number of para-hydroxylation sites is 1. The monoisotopic (exact) mass is 300 g/mol. The van der Waals surface area contributed by atoms with Crippen LogP contribution in [-0.2, 0) is 6.42 Å². The zero-order valence-electron chi connectivity index (χ0n) is 13.6. The van der Waals surface area contributed by atoms with Gasteiger partial charge in [0.2, 0.25) is 0 Å². The first-order valence-corrected chi connectivity index (χ1v) is 8.23. The van der Waals surface area contributed by atoms with Crippen LogP contribution in [0.15, 0.2) is 65.7 Å². The highest BCUT2D eigenvalue weighted by molar-refractivity contribution is 6.14. The second-order valence-corrected chi connectivity index (χ2v) is 6.53. The first kappa shape index (κ1) is 14.1. The van der Waals surface area contributed by atoms with Gasteiger partial charge in [0.15, 0.2) is 0 Å². The summed E-state index contributed by atoms with van der Waals surface area (Å²) < 4.78 is 0. The molecule has 0 saturated heterocycles. The first-order valence-electron chi connectivity index (χ1n) is 8.23. The third-order valence-electron chi connectivity index (χ3n) is 4.83. The van der Waals surface area contributed by atoms with Crippen LogP contribution in [0.5, 0.6) is 0 Å². The highest BCUT2D eigenvalue weighted by Gasteiger charge is 2.30. The van der Waals surface area contributed by atoms with E-state index in [0.29, 0.717) is 0 Å². The molecule has 0 radical (unpaired) electrons. The fourth-order valence-corrected chi connectivity index (χ4v) is 3.28. The van der Waals surface area contributed by atoms with Crippen LogP contribution in [-0.4, -0.2) is 16.2 Å². The lowest BCUT2D eigenvalue weighted by Gasteiger charge is -2.31. The number of fused-ring (bicyclic) bond motifs is 2. The third kappa shape index (κ3) is 2.44. The van der Waals surface area contributed by atoms with Crippen LogP contribution >= 0.6 is 0 Å². The Morgan fingerprint density at radius 2 is 1.74 bits per heavy atom. The minimum atomic E-state index is -0.0446. The molecule has 4 rings (SSSR count). The van der Waals surface area contributed by atoms with Gasteiger partial charge < -0.3 is 0 Å². The summed E-state index contributed by atoms with van der Waals surface area (Å²) in [6.07, 6.45) is 2.02. The van der Waals surface area contributed by atoms with E-state index in [2.05, 4.69) is 62.4 Å². The van der Waals surface area contributed by atoms with Crippen molar-refractivity contribution in [3.8, 4) is 0 Å². The molecule has 1 unspecified atom stereocenters. The van der Waals surface area contributed by atoms with Crippen LogP contribution in [0.4, 0.5) is 0 Å². The molecule has 0 saturated carbocycles. The van der Waals surface area contributed by atoms with Crippen molar-refractivity contribution in [3.05, 3.63) is 77.5 Å². The predicted molar refractivity (Wildman–Crippen MR) is 96.2 cm³/mol. The van der Waals surface area contributed by atoms with Crippen molar-refractivity contribution in [2.75, 3.05) is 0 Å². The van der Waals surface area contributed by atoms with Crippen molar-refractivity contribution in [3.63, 3.8) is 0 Å². The molecule has 1 aliphatic rings. The third-order valence-corrected chi connectivity index (χ3v) is 4.83. The van der Waals surface area contributed by atoms with Gasteiger partial charge in [-0.05, 0) is 37.5 Å². The minimum absolute atomic E-state index is 0.0446. The van der Waals surface area contributed by atoms with E-state index >= 15 is 0 Å². The van der Waals surface area contributed by atoms with Crippen LogP contribution in [0, 0.1) is 0 Å². The maximum Gasteiger partial charge on any atom is 0.0912 e. The Labute approximate surface area is 136 Å². The fraction of sp³-hybridized carbons (Fsp3) is 0.238. The molecule has 3 aromatic rings. The average molecular weight is 300 g/mol. The Hall–Kier alpha value is -2.48. The molecule has 0 spiro atoms. The molecule has 0 aliphatic carbocycles. The molecule has 114 valence electrons. The molecule has 0 bridgehead atoms. The summed E-state index contributed by atoms with van der Waals surface area (Å²) in [7, 11) is 0. The number of hydrogen-bond donors (Lipinski definition) is 0. The van der Waals surface area contributed by atoms with E-state index in [4.69, 9.17) is 9.98 Å². The average Bonchev–Trinajstić information content (AvgIpc) is 2.60. The van der Waals surface area contributed by atoms with Crippen molar-refractivity contribution in [2.45, 2.75) is 32.2 Å². The zero-order valence-corrected chi connectivity index (χ0v) is 13.6. The fourth-order valence-electron chi connectivity index (χ4n) is 3.28. The van der Waals surface area contributed by atoms with Crippen LogP contribution in [0.25, 0.3) is 10.9 Å². The number of hydrogen-bond acceptors (Lipinski definition) is 2. The molecule has 0 amide bonds. The summed E-state index contributed by atoms with van der Waals surface area (Å²) in [4.78, 5) is 9.97. The Morgan fingerprint density at radius 1 is 0.957 bits per heavy atom. The number of rotatable bonds is 2. The zero-order chi connectivity index (χ0) is 15.9. The topological polar surface area (TPSA) is 25.2 Å². The molecule has 1 aliphatic heterocycles. The van der Waals surface area contributed by atoms with Gasteiger partial charge in [-0.3, -0.25) is 4.99 Å². The van der Waals surface area contributed by atoms with Gasteiger partial charge in [-0.15, -0.1) is 0 Å². The summed E-state index contributed by atoms with van der Waals surface area (Å²) in [5.74, 6) is 0. The molecule has 1 aromatic heterocycles. The Kier molecular flexibility index (Phi) is 3.26. The first-order chi connectivity index (χ1) is 11.2. The molecule has 2 nitrogen and oxygen atoms in total. The maximum atomic E-state index is 5.10. The highest BCUT2D eigenvalue weighted by atomic mass is 14.9. The maximum absolute atomic E-state index is 5.10. The number of pyridine rings is 1. The molecule has 0 N–H and O–H groups in total. The Morgan fingerprint density at radius 3 is 2.61 bits per heavy atom. The molecular formula is C21H20N2. The SMILES string of the molecule is CCC1(C)Cc2ccccc2C(c2ccc3ccccc3n2)=N1. The van der Waals surface area contributed by atoms with Crippen LogP contribution in [0.2, 0.25) is 0 Å². The largest absolute Gasteiger partial charge is 0.276 e. The Bertz CT molecular complexity index is 910. The molecule has 0 fully saturated rings. The van der Waals surface area contributed by atoms with E-state index in [1.54, 1.807) is 0 Å². The summed E-state index contributed by atoms with van der Waals surface area (Å²) >= 11 is 0. The van der Waals surface area contributed by atoms with Gasteiger partial charge >= 0.3 is 0 Å². The second-order valence-electron chi connectivity index (χ2n) is 6.53. The molecule has 23 heavy (non-hydrogen) atoms. The van der Waals surface area contributed by atoms with Crippen molar-refractivity contribution >= 4 is 16.6 Å². The smallest absolute Gasteiger partial charge is 0.0912 e. The van der Waals surface area contributed by atoms with Crippen LogP contribution in [0.3, 0.4) is 0 Å². The lowest BCUT2D eigenvalue weighted by molar-refractivity contribution is 0.448. The number of nitrogens with zero attached hydrogens (tertiary/aromatic N) is 2. The van der Waals surface area contributed by atoms with E-state index in [9.17, 15) is 0 Å². The summed E-state index contributed by atoms with van der Waals surface area (Å²) in [5, 5.41) is 1.17. The molecule has 1 atom stereocenters.